The van der Waals surface area contributed by atoms with Crippen molar-refractivity contribution in [1.82, 2.24) is 0 Å². The summed E-state index contributed by atoms with van der Waals surface area (Å²) in [5.41, 5.74) is 13.5. The molecule has 1 saturated heterocycles. The lowest BCUT2D eigenvalue weighted by Gasteiger charge is -2.33. The number of nitrogen functional groups attached to an aromatic ring is 1. The third kappa shape index (κ3) is 3.20. The minimum Gasteiger partial charge on any atom is -0.396 e. The fourth-order valence-corrected chi connectivity index (χ4v) is 3.03. The van der Waals surface area contributed by atoms with E-state index in [0.29, 0.717) is 25.4 Å². The number of anilines is 1. The summed E-state index contributed by atoms with van der Waals surface area (Å²) in [6, 6.07) is 3.70. The van der Waals surface area contributed by atoms with E-state index >= 15 is 0 Å². The third-order valence-corrected chi connectivity index (χ3v) is 4.58. The number of halogens is 1. The van der Waals surface area contributed by atoms with Crippen molar-refractivity contribution in [3.63, 3.8) is 0 Å². The molecule has 1 saturated carbocycles. The minimum atomic E-state index is -0.286. The summed E-state index contributed by atoms with van der Waals surface area (Å²) in [5.74, 6) is -0.0991. The van der Waals surface area contributed by atoms with E-state index in [-0.39, 0.29) is 29.6 Å². The molecule has 0 spiro atoms. The Labute approximate surface area is 124 Å². The fourth-order valence-electron chi connectivity index (χ4n) is 3.03. The summed E-state index contributed by atoms with van der Waals surface area (Å²) < 4.78 is 25.4. The molecule has 21 heavy (non-hydrogen) atoms. The van der Waals surface area contributed by atoms with Crippen LogP contribution in [0.1, 0.15) is 42.7 Å². The van der Waals surface area contributed by atoms with Gasteiger partial charge in [-0.2, -0.15) is 0 Å². The highest BCUT2D eigenvalue weighted by atomic mass is 19.1. The summed E-state index contributed by atoms with van der Waals surface area (Å²) in [4.78, 5) is 0. The Balaban J connectivity index is 1.73. The van der Waals surface area contributed by atoms with Gasteiger partial charge in [0.1, 0.15) is 5.82 Å². The number of nitrogens with two attached hydrogens (primary N) is 2. The van der Waals surface area contributed by atoms with Crippen molar-refractivity contribution in [1.29, 1.82) is 0 Å². The zero-order valence-corrected chi connectivity index (χ0v) is 12.2. The predicted molar refractivity (Wildman–Crippen MR) is 79.4 cm³/mol. The van der Waals surface area contributed by atoms with E-state index in [2.05, 4.69) is 0 Å². The molecule has 4 N–H and O–H groups in total. The van der Waals surface area contributed by atoms with Gasteiger partial charge >= 0.3 is 0 Å². The Morgan fingerprint density at radius 3 is 2.57 bits per heavy atom. The Bertz CT molecular complexity index is 503. The van der Waals surface area contributed by atoms with Crippen LogP contribution in [0.15, 0.2) is 12.1 Å². The van der Waals surface area contributed by atoms with E-state index in [1.807, 2.05) is 6.07 Å². The maximum atomic E-state index is 14.3. The molecule has 5 heteroatoms. The van der Waals surface area contributed by atoms with Crippen LogP contribution in [-0.2, 0) is 16.1 Å². The van der Waals surface area contributed by atoms with E-state index in [9.17, 15) is 4.39 Å². The largest absolute Gasteiger partial charge is 0.396 e. The lowest BCUT2D eigenvalue weighted by Crippen LogP contribution is -2.45. The molecule has 2 fully saturated rings. The summed E-state index contributed by atoms with van der Waals surface area (Å²) >= 11 is 0. The van der Waals surface area contributed by atoms with Gasteiger partial charge in [0.15, 0.2) is 0 Å². The highest BCUT2D eigenvalue weighted by Crippen LogP contribution is 2.32. The second-order valence-electron chi connectivity index (χ2n) is 6.07. The van der Waals surface area contributed by atoms with Crippen LogP contribution < -0.4 is 11.5 Å². The molecule has 1 aliphatic carbocycles. The zero-order chi connectivity index (χ0) is 14.8. The van der Waals surface area contributed by atoms with Gasteiger partial charge in [-0.15, -0.1) is 0 Å². The molecular weight excluding hydrogens is 271 g/mol. The molecule has 2 atom stereocenters. The van der Waals surface area contributed by atoms with Crippen LogP contribution in [0.5, 0.6) is 0 Å². The van der Waals surface area contributed by atoms with Gasteiger partial charge in [0.2, 0.25) is 0 Å². The van der Waals surface area contributed by atoms with Crippen molar-refractivity contribution >= 4 is 5.69 Å². The van der Waals surface area contributed by atoms with Crippen LogP contribution in [0.4, 0.5) is 10.1 Å². The van der Waals surface area contributed by atoms with Gasteiger partial charge < -0.3 is 20.9 Å². The van der Waals surface area contributed by atoms with Crippen LogP contribution in [0.3, 0.4) is 0 Å². The molecule has 3 rings (SSSR count). The van der Waals surface area contributed by atoms with Crippen molar-refractivity contribution in [3.8, 4) is 0 Å². The molecule has 4 nitrogen and oxygen atoms in total. The fraction of sp³-hybridized carbons (Fsp3) is 0.625. The highest BCUT2D eigenvalue weighted by Gasteiger charge is 2.28. The Kier molecular flexibility index (Phi) is 4.42. The molecule has 1 aromatic carbocycles. The monoisotopic (exact) mass is 294 g/mol. The van der Waals surface area contributed by atoms with Crippen LogP contribution in [0.25, 0.3) is 0 Å². The van der Waals surface area contributed by atoms with Crippen LogP contribution in [0, 0.1) is 5.82 Å². The van der Waals surface area contributed by atoms with Gasteiger partial charge in [0.05, 0.1) is 18.4 Å². The summed E-state index contributed by atoms with van der Waals surface area (Å²) in [6.45, 7) is 1.81. The first-order chi connectivity index (χ1) is 10.1. The van der Waals surface area contributed by atoms with Gasteiger partial charge in [-0.25, -0.2) is 4.39 Å². The quantitative estimate of drug-likeness (QED) is 0.836. The number of benzene rings is 1. The first-order valence-electron chi connectivity index (χ1n) is 7.68. The number of hydrogen-bond acceptors (Lipinski definition) is 4. The SMILES string of the molecule is Nc1cc(CO[C@@H]2CC[C@H]2N)cc(C2CCOCC2)c1F. The van der Waals surface area contributed by atoms with Crippen LogP contribution in [-0.4, -0.2) is 25.4 Å². The number of ether oxygens (including phenoxy) is 2. The molecule has 0 bridgehead atoms. The number of rotatable bonds is 4. The van der Waals surface area contributed by atoms with E-state index in [0.717, 1.165) is 31.2 Å². The Hall–Kier alpha value is -1.17. The first kappa shape index (κ1) is 14.8. The molecule has 1 aromatic rings. The van der Waals surface area contributed by atoms with Gasteiger partial charge in [0.25, 0.3) is 0 Å². The molecule has 2 aliphatic rings. The minimum absolute atomic E-state index is 0.128. The second kappa shape index (κ2) is 6.30. The Morgan fingerprint density at radius 1 is 1.19 bits per heavy atom. The molecule has 1 heterocycles. The molecule has 1 aliphatic heterocycles. The summed E-state index contributed by atoms with van der Waals surface area (Å²) in [7, 11) is 0. The molecule has 0 amide bonds. The third-order valence-electron chi connectivity index (χ3n) is 4.58. The Morgan fingerprint density at radius 2 is 1.95 bits per heavy atom. The summed E-state index contributed by atoms with van der Waals surface area (Å²) in [6.07, 6.45) is 3.83. The standard InChI is InChI=1S/C16H23FN2O2/c17-16-12(11-3-5-20-6-4-11)7-10(8-14(16)19)9-21-15-2-1-13(15)18/h7-8,11,13,15H,1-6,9,18-19H2/t13-,15-/m1/s1. The molecule has 116 valence electrons. The van der Waals surface area contributed by atoms with Crippen LogP contribution >= 0.6 is 0 Å². The normalized spacial score (nSPS) is 26.6. The van der Waals surface area contributed by atoms with Crippen molar-refractivity contribution in [3.05, 3.63) is 29.1 Å². The van der Waals surface area contributed by atoms with Gasteiger partial charge in [0, 0.05) is 19.3 Å². The van der Waals surface area contributed by atoms with Crippen molar-refractivity contribution in [2.45, 2.75) is 50.4 Å². The van der Waals surface area contributed by atoms with E-state index in [1.165, 1.54) is 0 Å². The lowest BCUT2D eigenvalue weighted by molar-refractivity contribution is -0.0246. The average Bonchev–Trinajstić information content (AvgIpc) is 2.50. The molecule has 0 aromatic heterocycles. The molecular formula is C16H23FN2O2. The van der Waals surface area contributed by atoms with E-state index < -0.39 is 0 Å². The van der Waals surface area contributed by atoms with E-state index in [1.54, 1.807) is 6.07 Å². The average molecular weight is 294 g/mol. The summed E-state index contributed by atoms with van der Waals surface area (Å²) in [5, 5.41) is 0. The topological polar surface area (TPSA) is 70.5 Å². The van der Waals surface area contributed by atoms with E-state index in [4.69, 9.17) is 20.9 Å². The van der Waals surface area contributed by atoms with Gasteiger partial charge in [-0.1, -0.05) is 6.07 Å². The maximum Gasteiger partial charge on any atom is 0.149 e. The molecule has 0 unspecified atom stereocenters. The second-order valence-corrected chi connectivity index (χ2v) is 6.07. The molecule has 0 radical (unpaired) electrons. The van der Waals surface area contributed by atoms with Gasteiger partial charge in [-0.05, 0) is 48.8 Å². The zero-order valence-electron chi connectivity index (χ0n) is 12.2. The smallest absolute Gasteiger partial charge is 0.149 e. The van der Waals surface area contributed by atoms with Crippen molar-refractivity contribution in [2.24, 2.45) is 5.73 Å². The highest BCUT2D eigenvalue weighted by molar-refractivity contribution is 5.47. The predicted octanol–water partition coefficient (Wildman–Crippen LogP) is 2.31. The maximum absolute atomic E-state index is 14.3. The van der Waals surface area contributed by atoms with Gasteiger partial charge in [-0.3, -0.25) is 0 Å². The lowest BCUT2D eigenvalue weighted by atomic mass is 9.89. The van der Waals surface area contributed by atoms with Crippen molar-refractivity contribution < 1.29 is 13.9 Å². The first-order valence-corrected chi connectivity index (χ1v) is 7.68. The van der Waals surface area contributed by atoms with Crippen molar-refractivity contribution in [2.75, 3.05) is 18.9 Å². The van der Waals surface area contributed by atoms with Crippen LogP contribution in [0.2, 0.25) is 0 Å². The number of hydrogen-bond donors (Lipinski definition) is 2.